The Hall–Kier alpha value is -2.48. The number of phenolic OH excluding ortho intramolecular Hbond substituents is 2. The van der Waals surface area contributed by atoms with Crippen LogP contribution in [0, 0.1) is 0 Å². The molecule has 2 rings (SSSR count). The maximum absolute atomic E-state index is 10.3. The van der Waals surface area contributed by atoms with E-state index in [4.69, 9.17) is 31.9 Å². The van der Waals surface area contributed by atoms with Gasteiger partial charge in [-0.3, -0.25) is 9.59 Å². The molecule has 0 aliphatic heterocycles. The number of benzene rings is 2. The molecule has 0 spiro atoms. The molecule has 2 unspecified atom stereocenters. The van der Waals surface area contributed by atoms with Gasteiger partial charge in [-0.25, -0.2) is 0 Å². The molecule has 0 aliphatic carbocycles. The number of rotatable bonds is 6. The summed E-state index contributed by atoms with van der Waals surface area (Å²) in [5.74, 6) is -1.98. The third-order valence-corrected chi connectivity index (χ3v) is 3.35. The molecule has 140 valence electrons. The number of carboxylic acids is 2. The molecule has 0 heterocycles. The zero-order chi connectivity index (χ0) is 19.7. The van der Waals surface area contributed by atoms with Crippen LogP contribution in [0.5, 0.6) is 11.5 Å². The maximum Gasteiger partial charge on any atom is 2.00 e. The first-order valence-corrected chi connectivity index (χ1v) is 7.62. The molecule has 0 saturated carbocycles. The predicted octanol–water partition coefficient (Wildman–Crippen LogP) is 2.88. The fraction of sp³-hybridized carbons (Fsp3) is 0.222. The minimum atomic E-state index is -1.13. The van der Waals surface area contributed by atoms with Crippen LogP contribution in [0.4, 0.5) is 0 Å². The summed E-state index contributed by atoms with van der Waals surface area (Å²) in [6.45, 7) is 0. The summed E-state index contributed by atoms with van der Waals surface area (Å²) in [5.41, 5.74) is 15.8. The number of carbonyl (C=O) groups is 2. The second-order valence-electron chi connectivity index (χ2n) is 5.52. The van der Waals surface area contributed by atoms with Crippen LogP contribution in [-0.4, -0.2) is 44.4 Å². The van der Waals surface area contributed by atoms with E-state index in [0.29, 0.717) is 0 Å². The van der Waals surface area contributed by atoms with Crippen LogP contribution >= 0.6 is 0 Å². The van der Waals surface area contributed by atoms with Gasteiger partial charge in [-0.2, -0.15) is 0 Å². The van der Waals surface area contributed by atoms with Crippen LogP contribution in [0.25, 0.3) is 11.5 Å². The SMILES string of the molecule is [NH-]C(Cc1ccc(O)cc1)C(=O)O.[NH-]C(Cc1ccc(O)cc1)C(=O)O.[Zn+2]. The Labute approximate surface area is 169 Å². The third kappa shape index (κ3) is 9.70. The molecule has 2 atom stereocenters. The van der Waals surface area contributed by atoms with E-state index in [1.54, 1.807) is 24.3 Å². The molecule has 0 amide bonds. The average Bonchev–Trinajstić information content (AvgIpc) is 2.59. The van der Waals surface area contributed by atoms with Crippen molar-refractivity contribution in [2.75, 3.05) is 0 Å². The molecule has 0 fully saturated rings. The molecule has 0 aromatic heterocycles. The summed E-state index contributed by atoms with van der Waals surface area (Å²) in [7, 11) is 0. The molecule has 9 heteroatoms. The van der Waals surface area contributed by atoms with Gasteiger partial charge < -0.3 is 31.9 Å². The van der Waals surface area contributed by atoms with Gasteiger partial charge in [0.1, 0.15) is 11.5 Å². The number of aliphatic carboxylic acids is 2. The van der Waals surface area contributed by atoms with Crippen molar-refractivity contribution < 1.29 is 49.5 Å². The van der Waals surface area contributed by atoms with Gasteiger partial charge in [0.05, 0.1) is 0 Å². The second-order valence-corrected chi connectivity index (χ2v) is 5.52. The van der Waals surface area contributed by atoms with E-state index in [2.05, 4.69) is 0 Å². The molecule has 0 saturated heterocycles. The summed E-state index contributed by atoms with van der Waals surface area (Å²) in [4.78, 5) is 20.7. The standard InChI is InChI=1S/2C9H10NO3.Zn/c2*10-8(9(12)13)5-6-1-3-7(11)4-2-6;/h2*1-4,8,10-11H,5H2,(H,12,13);/q2*-1;+2. The van der Waals surface area contributed by atoms with Crippen molar-refractivity contribution in [2.45, 2.75) is 24.9 Å². The Kier molecular flexibility index (Phi) is 10.9. The van der Waals surface area contributed by atoms with Crippen molar-refractivity contribution in [3.63, 3.8) is 0 Å². The van der Waals surface area contributed by atoms with Crippen LogP contribution < -0.4 is 0 Å². The second kappa shape index (κ2) is 12.0. The Balaban J connectivity index is 0.000000483. The van der Waals surface area contributed by atoms with E-state index in [-0.39, 0.29) is 43.8 Å². The molecule has 8 nitrogen and oxygen atoms in total. The van der Waals surface area contributed by atoms with Gasteiger partial charge in [0.2, 0.25) is 0 Å². The van der Waals surface area contributed by atoms with Crippen molar-refractivity contribution in [1.29, 1.82) is 0 Å². The average molecular weight is 426 g/mol. The van der Waals surface area contributed by atoms with Crippen LogP contribution in [0.2, 0.25) is 0 Å². The van der Waals surface area contributed by atoms with E-state index in [0.717, 1.165) is 11.1 Å². The van der Waals surface area contributed by atoms with E-state index >= 15 is 0 Å². The molecular weight excluding hydrogens is 406 g/mol. The van der Waals surface area contributed by atoms with Crippen molar-refractivity contribution in [2.24, 2.45) is 0 Å². The summed E-state index contributed by atoms with van der Waals surface area (Å²) >= 11 is 0. The van der Waals surface area contributed by atoms with Gasteiger partial charge in [-0.1, -0.05) is 24.3 Å². The molecule has 2 aromatic carbocycles. The van der Waals surface area contributed by atoms with Gasteiger partial charge in [0.15, 0.2) is 0 Å². The van der Waals surface area contributed by atoms with Gasteiger partial charge in [-0.15, -0.1) is 0 Å². The largest absolute Gasteiger partial charge is 2.00 e. The summed E-state index contributed by atoms with van der Waals surface area (Å²) in [6, 6.07) is 10.1. The summed E-state index contributed by atoms with van der Waals surface area (Å²) in [5, 5.41) is 34.8. The number of aromatic hydroxyl groups is 2. The number of carboxylic acid groups (broad SMARTS) is 2. The monoisotopic (exact) mass is 424 g/mol. The molecule has 6 N–H and O–H groups in total. The number of phenols is 2. The number of hydrogen-bond donors (Lipinski definition) is 4. The van der Waals surface area contributed by atoms with Crippen molar-refractivity contribution in [3.05, 3.63) is 71.1 Å². The Bertz CT molecular complexity index is 658. The Morgan fingerprint density at radius 3 is 1.19 bits per heavy atom. The fourth-order valence-electron chi connectivity index (χ4n) is 1.91. The minimum Gasteiger partial charge on any atom is -0.665 e. The van der Waals surface area contributed by atoms with E-state index in [1.165, 1.54) is 24.3 Å². The van der Waals surface area contributed by atoms with Crippen molar-refractivity contribution >= 4 is 11.9 Å². The minimum absolute atomic E-state index is 0. The predicted molar refractivity (Wildman–Crippen MR) is 95.1 cm³/mol. The van der Waals surface area contributed by atoms with Crippen LogP contribution in [0.15, 0.2) is 48.5 Å². The number of nitrogens with one attached hydrogen (secondary N) is 2. The van der Waals surface area contributed by atoms with Crippen LogP contribution in [0.3, 0.4) is 0 Å². The normalized spacial score (nSPS) is 11.9. The Morgan fingerprint density at radius 1 is 0.704 bits per heavy atom. The fourth-order valence-corrected chi connectivity index (χ4v) is 1.91. The molecule has 0 radical (unpaired) electrons. The van der Waals surface area contributed by atoms with E-state index in [9.17, 15) is 9.59 Å². The van der Waals surface area contributed by atoms with E-state index < -0.39 is 24.0 Å². The smallest absolute Gasteiger partial charge is 0.665 e. The maximum atomic E-state index is 10.3. The van der Waals surface area contributed by atoms with Crippen LogP contribution in [-0.2, 0) is 41.9 Å². The molecular formula is C18H20N2O6Zn. The van der Waals surface area contributed by atoms with Gasteiger partial charge in [0.25, 0.3) is 11.9 Å². The Morgan fingerprint density at radius 2 is 0.963 bits per heavy atom. The van der Waals surface area contributed by atoms with Crippen molar-refractivity contribution in [1.82, 2.24) is 0 Å². The zero-order valence-corrected chi connectivity index (χ0v) is 17.5. The number of hydrogen-bond acceptors (Lipinski definition) is 4. The zero-order valence-electron chi connectivity index (χ0n) is 14.5. The summed E-state index contributed by atoms with van der Waals surface area (Å²) in [6.07, 6.45) is 0.325. The molecule has 0 bridgehead atoms. The molecule has 2 aromatic rings. The van der Waals surface area contributed by atoms with Gasteiger partial charge in [0, 0.05) is 0 Å². The first-order chi connectivity index (χ1) is 12.2. The van der Waals surface area contributed by atoms with E-state index in [1.807, 2.05) is 0 Å². The third-order valence-electron chi connectivity index (χ3n) is 3.35. The van der Waals surface area contributed by atoms with Gasteiger partial charge in [-0.05, 0) is 60.3 Å². The molecule has 0 aliphatic rings. The van der Waals surface area contributed by atoms with Crippen LogP contribution in [0.1, 0.15) is 11.1 Å². The quantitative estimate of drug-likeness (QED) is 0.520. The first-order valence-electron chi connectivity index (χ1n) is 7.62. The summed E-state index contributed by atoms with van der Waals surface area (Å²) < 4.78 is 0. The van der Waals surface area contributed by atoms with Crippen molar-refractivity contribution in [3.8, 4) is 11.5 Å². The van der Waals surface area contributed by atoms with Gasteiger partial charge >= 0.3 is 19.5 Å². The topological polar surface area (TPSA) is 163 Å². The first kappa shape index (κ1) is 24.5. The molecule has 27 heavy (non-hydrogen) atoms.